The molecule has 0 aliphatic heterocycles. The van der Waals surface area contributed by atoms with Gasteiger partial charge in [0.1, 0.15) is 0 Å². The number of unbranched alkanes of at least 4 members (excludes halogenated alkanes) is 36. The van der Waals surface area contributed by atoms with Crippen LogP contribution in [0.2, 0.25) is 0 Å². The molecule has 0 amide bonds. The van der Waals surface area contributed by atoms with E-state index >= 15 is 0 Å². The number of hydrogen-bond donors (Lipinski definition) is 0. The molecule has 0 N–H and O–H groups in total. The minimum Gasteiger partial charge on any atom is -0.0654 e. The van der Waals surface area contributed by atoms with Crippen LogP contribution in [-0.4, -0.2) is 0 Å². The molecule has 0 fully saturated rings. The first-order valence-electron chi connectivity index (χ1n) is 34.3. The first kappa shape index (κ1) is 61.7. The van der Waals surface area contributed by atoms with Gasteiger partial charge in [-0.3, -0.25) is 0 Å². The number of benzene rings is 7. The highest BCUT2D eigenvalue weighted by Gasteiger charge is 2.17. The zero-order valence-corrected chi connectivity index (χ0v) is 51.2. The van der Waals surface area contributed by atoms with Gasteiger partial charge in [-0.15, -0.1) is 0 Å². The SMILES string of the molecule is CCCCCCCCCCCCc1ccc2c(c1)c1cc(CCCCCCCCCCCC)ccc1c1cc3c4ccc(CCCCCCCCCCCC)cc4c4cc(CCCCCCCCCCCC)ccc4c3cc21. The van der Waals surface area contributed by atoms with Crippen molar-refractivity contribution in [2.75, 3.05) is 0 Å². The van der Waals surface area contributed by atoms with E-state index in [-0.39, 0.29) is 0 Å². The third kappa shape index (κ3) is 19.7. The maximum Gasteiger partial charge on any atom is -0.00923 e. The summed E-state index contributed by atoms with van der Waals surface area (Å²) < 4.78 is 0. The van der Waals surface area contributed by atoms with Gasteiger partial charge >= 0.3 is 0 Å². The normalized spacial score (nSPS) is 12.1. The zero-order chi connectivity index (χ0) is 54.2. The van der Waals surface area contributed by atoms with Crippen LogP contribution in [0.25, 0.3) is 64.6 Å². The van der Waals surface area contributed by atoms with Crippen LogP contribution in [0.15, 0.2) is 84.9 Å². The Balaban J connectivity index is 1.17. The van der Waals surface area contributed by atoms with Crippen LogP contribution in [0.5, 0.6) is 0 Å². The van der Waals surface area contributed by atoms with Gasteiger partial charge in [0.05, 0.1) is 0 Å². The molecule has 0 aromatic heterocycles. The quantitative estimate of drug-likeness (QED) is 0.0203. The molecule has 0 spiro atoms. The maximum atomic E-state index is 2.63. The molecule has 0 radical (unpaired) electrons. The molecule has 0 heterocycles. The fraction of sp³-hybridized carbons (Fsp3) is 0.615. The highest BCUT2D eigenvalue weighted by atomic mass is 14.2. The van der Waals surface area contributed by atoms with Crippen LogP contribution in [0, 0.1) is 0 Å². The molecule has 0 saturated heterocycles. The van der Waals surface area contributed by atoms with E-state index in [1.54, 1.807) is 0 Å². The number of rotatable bonds is 44. The van der Waals surface area contributed by atoms with Crippen molar-refractivity contribution in [1.29, 1.82) is 0 Å². The van der Waals surface area contributed by atoms with Crippen molar-refractivity contribution in [1.82, 2.24) is 0 Å². The van der Waals surface area contributed by atoms with Crippen LogP contribution in [0.3, 0.4) is 0 Å². The Bertz CT molecular complexity index is 2390. The standard InChI is InChI=1S/C78H114/c1-5-9-13-17-21-25-29-33-37-41-45-63-49-53-67-71(57-63)72-58-64(46-42-38-34-30-26-22-18-14-10-6-2)50-54-68(72)76-62-78-70-56-52-66(48-44-40-36-32-28-24-20-16-12-8-4)60-74(70)73-59-65(51-55-69(73)77(78)61-75(67)76)47-43-39-35-31-27-23-19-15-11-7-3/h49-62H,5-48H2,1-4H3. The smallest absolute Gasteiger partial charge is 0.00923 e. The summed E-state index contributed by atoms with van der Waals surface area (Å²) in [6, 6.07) is 35.8. The van der Waals surface area contributed by atoms with Gasteiger partial charge in [0, 0.05) is 0 Å². The number of fused-ring (bicyclic) bond motifs is 12. The van der Waals surface area contributed by atoms with Gasteiger partial charge in [0.15, 0.2) is 0 Å². The minimum atomic E-state index is 1.18. The van der Waals surface area contributed by atoms with Crippen LogP contribution < -0.4 is 0 Å². The summed E-state index contributed by atoms with van der Waals surface area (Å²) in [4.78, 5) is 0. The predicted octanol–water partition coefficient (Wildman–Crippen LogP) is 26.5. The van der Waals surface area contributed by atoms with Crippen molar-refractivity contribution in [3.8, 4) is 0 Å². The molecule has 426 valence electrons. The lowest BCUT2D eigenvalue weighted by Crippen LogP contribution is -1.93. The highest BCUT2D eigenvalue weighted by molar-refractivity contribution is 6.33. The van der Waals surface area contributed by atoms with E-state index in [1.807, 2.05) is 0 Å². The Morgan fingerprint density at radius 2 is 0.308 bits per heavy atom. The summed E-state index contributed by atoms with van der Waals surface area (Å²) in [5.41, 5.74) is 6.07. The fourth-order valence-electron chi connectivity index (χ4n) is 13.6. The number of hydrogen-bond acceptors (Lipinski definition) is 0. The van der Waals surface area contributed by atoms with Crippen molar-refractivity contribution in [2.45, 2.75) is 310 Å². The maximum absolute atomic E-state index is 2.63. The zero-order valence-electron chi connectivity index (χ0n) is 51.2. The van der Waals surface area contributed by atoms with Gasteiger partial charge in [-0.25, -0.2) is 0 Å². The van der Waals surface area contributed by atoms with Crippen LogP contribution in [-0.2, 0) is 25.7 Å². The summed E-state index contributed by atoms with van der Waals surface area (Å²) in [7, 11) is 0. The summed E-state index contributed by atoms with van der Waals surface area (Å²) in [5.74, 6) is 0. The largest absolute Gasteiger partial charge is 0.0654 e. The predicted molar refractivity (Wildman–Crippen MR) is 354 cm³/mol. The van der Waals surface area contributed by atoms with Crippen molar-refractivity contribution >= 4 is 64.6 Å². The number of aryl methyl sites for hydroxylation is 4. The molecule has 7 rings (SSSR count). The first-order valence-corrected chi connectivity index (χ1v) is 34.3. The van der Waals surface area contributed by atoms with Crippen molar-refractivity contribution < 1.29 is 0 Å². The van der Waals surface area contributed by atoms with Crippen molar-refractivity contribution in [3.63, 3.8) is 0 Å². The van der Waals surface area contributed by atoms with Gasteiger partial charge in [-0.2, -0.15) is 0 Å². The Hall–Kier alpha value is -3.90. The third-order valence-electron chi connectivity index (χ3n) is 18.5. The Morgan fingerprint density at radius 3 is 0.487 bits per heavy atom. The Labute approximate surface area is 479 Å². The van der Waals surface area contributed by atoms with Crippen LogP contribution in [0.4, 0.5) is 0 Å². The van der Waals surface area contributed by atoms with Gasteiger partial charge < -0.3 is 0 Å². The summed E-state index contributed by atoms with van der Waals surface area (Å²) in [5, 5.41) is 17.3. The lowest BCUT2D eigenvalue weighted by molar-refractivity contribution is 0.556. The van der Waals surface area contributed by atoms with Crippen LogP contribution in [0.1, 0.15) is 307 Å². The second-order valence-electron chi connectivity index (χ2n) is 25.2. The van der Waals surface area contributed by atoms with Gasteiger partial charge in [-0.1, -0.05) is 332 Å². The summed E-state index contributed by atoms with van der Waals surface area (Å²) in [6.07, 6.45) is 60.2. The second-order valence-corrected chi connectivity index (χ2v) is 25.2. The van der Waals surface area contributed by atoms with E-state index in [0.29, 0.717) is 0 Å². The lowest BCUT2D eigenvalue weighted by atomic mass is 9.86. The average Bonchev–Trinajstić information content (AvgIpc) is 3.58. The van der Waals surface area contributed by atoms with Crippen LogP contribution >= 0.6 is 0 Å². The molecule has 0 aliphatic carbocycles. The lowest BCUT2D eigenvalue weighted by Gasteiger charge is -2.17. The molecule has 0 nitrogen and oxygen atoms in total. The average molecular weight is 1050 g/mol. The Morgan fingerprint density at radius 1 is 0.154 bits per heavy atom. The molecule has 78 heavy (non-hydrogen) atoms. The molecule has 0 bridgehead atoms. The molecule has 0 heteroatoms. The molecule has 7 aromatic carbocycles. The van der Waals surface area contributed by atoms with Crippen molar-refractivity contribution in [2.24, 2.45) is 0 Å². The van der Waals surface area contributed by atoms with E-state index in [4.69, 9.17) is 0 Å². The second kappa shape index (κ2) is 36.5. The fourth-order valence-corrected chi connectivity index (χ4v) is 13.6. The van der Waals surface area contributed by atoms with Gasteiger partial charge in [0.2, 0.25) is 0 Å². The Kier molecular flexibility index (Phi) is 28.8. The minimum absolute atomic E-state index is 1.18. The van der Waals surface area contributed by atoms with E-state index in [9.17, 15) is 0 Å². The highest BCUT2D eigenvalue weighted by Crippen LogP contribution is 2.43. The molecule has 0 unspecified atom stereocenters. The third-order valence-corrected chi connectivity index (χ3v) is 18.5. The molecule has 0 saturated carbocycles. The van der Waals surface area contributed by atoms with Gasteiger partial charge in [-0.05, 0) is 150 Å². The van der Waals surface area contributed by atoms with E-state index in [2.05, 4.69) is 113 Å². The molecule has 0 atom stereocenters. The molecular weight excluding hydrogens is 937 g/mol. The molecular formula is C78H114. The van der Waals surface area contributed by atoms with Crippen molar-refractivity contribution in [3.05, 3.63) is 107 Å². The van der Waals surface area contributed by atoms with E-state index in [1.165, 1.54) is 369 Å². The summed E-state index contributed by atoms with van der Waals surface area (Å²) >= 11 is 0. The molecule has 0 aliphatic rings. The molecule has 7 aromatic rings. The monoisotopic (exact) mass is 1050 g/mol. The van der Waals surface area contributed by atoms with E-state index < -0.39 is 0 Å². The van der Waals surface area contributed by atoms with Gasteiger partial charge in [0.25, 0.3) is 0 Å². The first-order chi connectivity index (χ1) is 38.6. The summed E-state index contributed by atoms with van der Waals surface area (Å²) in [6.45, 7) is 9.29. The topological polar surface area (TPSA) is 0 Å². The van der Waals surface area contributed by atoms with E-state index in [0.717, 1.165) is 0 Å².